The van der Waals surface area contributed by atoms with Gasteiger partial charge in [-0.05, 0) is 145 Å². The molecule has 3 saturated carbocycles. The first-order chi connectivity index (χ1) is 36.0. The number of hydrogen-bond acceptors (Lipinski definition) is 19. The molecular weight excluding hydrogens is 1020 g/mol. The van der Waals surface area contributed by atoms with Crippen molar-refractivity contribution in [2.75, 3.05) is 34.3 Å². The van der Waals surface area contributed by atoms with Crippen LogP contribution in [0.5, 0.6) is 0 Å². The third-order valence-corrected chi connectivity index (χ3v) is 19.4. The molecule has 440 valence electrons. The van der Waals surface area contributed by atoms with Gasteiger partial charge in [0.25, 0.3) is 0 Å². The Bertz CT molecular complexity index is 2370. The quantitative estimate of drug-likeness (QED) is 0.126. The van der Waals surface area contributed by atoms with E-state index in [1.54, 1.807) is 68.8 Å². The summed E-state index contributed by atoms with van der Waals surface area (Å²) in [5.41, 5.74) is -9.37. The van der Waals surface area contributed by atoms with Crippen LogP contribution in [-0.2, 0) is 61.9 Å². The summed E-state index contributed by atoms with van der Waals surface area (Å²) in [5.74, 6) is -9.52. The van der Waals surface area contributed by atoms with Crippen LogP contribution in [0.25, 0.3) is 0 Å². The number of cyclic esters (lactones) is 1. The summed E-state index contributed by atoms with van der Waals surface area (Å²) in [6.45, 7) is 19.4. The third-order valence-electron chi connectivity index (χ3n) is 19.4. The van der Waals surface area contributed by atoms with E-state index in [1.165, 1.54) is 39.8 Å². The molecule has 7 aliphatic rings. The van der Waals surface area contributed by atoms with Crippen LogP contribution in [0.2, 0.25) is 0 Å². The summed E-state index contributed by atoms with van der Waals surface area (Å²) in [4.78, 5) is 86.4. The summed E-state index contributed by atoms with van der Waals surface area (Å²) in [6.07, 6.45) is -4.59. The Morgan fingerprint density at radius 1 is 0.923 bits per heavy atom. The van der Waals surface area contributed by atoms with E-state index < -0.39 is 173 Å². The first-order valence-electron chi connectivity index (χ1n) is 28.1. The summed E-state index contributed by atoms with van der Waals surface area (Å²) in [5, 5.41) is 47.5. The number of esters is 3. The first-order valence-corrected chi connectivity index (χ1v) is 28.1. The number of hydrogen-bond donors (Lipinski definition) is 4. The van der Waals surface area contributed by atoms with Crippen LogP contribution < -0.4 is 0 Å². The van der Waals surface area contributed by atoms with Crippen molar-refractivity contribution in [1.82, 2.24) is 9.80 Å². The number of ketones is 3. The fraction of sp³-hybridized carbons (Fsp3) is 0.828. The van der Waals surface area contributed by atoms with Gasteiger partial charge in [0.15, 0.2) is 47.6 Å². The van der Waals surface area contributed by atoms with Crippen molar-refractivity contribution in [3.05, 3.63) is 23.8 Å². The van der Waals surface area contributed by atoms with E-state index in [-0.39, 0.29) is 37.4 Å². The highest BCUT2D eigenvalue weighted by Gasteiger charge is 2.80. The Morgan fingerprint density at radius 3 is 2.22 bits per heavy atom. The molecule has 20 heteroatoms. The fourth-order valence-corrected chi connectivity index (χ4v) is 15.2. The monoisotopic (exact) mass is 1100 g/mol. The second-order valence-electron chi connectivity index (χ2n) is 25.8. The van der Waals surface area contributed by atoms with E-state index in [9.17, 15) is 49.2 Å². The van der Waals surface area contributed by atoms with Crippen molar-refractivity contribution in [1.29, 1.82) is 0 Å². The van der Waals surface area contributed by atoms with Gasteiger partial charge in [0.2, 0.25) is 5.78 Å². The summed E-state index contributed by atoms with van der Waals surface area (Å²) < 4.78 is 61.5. The van der Waals surface area contributed by atoms with Gasteiger partial charge < -0.3 is 63.4 Å². The zero-order valence-electron chi connectivity index (χ0n) is 48.5. The number of aliphatic hydroxyl groups excluding tert-OH is 2. The van der Waals surface area contributed by atoms with Crippen LogP contribution in [0.1, 0.15) is 141 Å². The summed E-state index contributed by atoms with van der Waals surface area (Å²) in [7, 11) is 5.33. The van der Waals surface area contributed by atoms with E-state index in [0.29, 0.717) is 31.4 Å². The first kappa shape index (κ1) is 62.0. The molecule has 21 atom stereocenters. The number of alkyl halides is 1. The smallest absolute Gasteiger partial charge is 0.316 e. The van der Waals surface area contributed by atoms with Gasteiger partial charge in [-0.2, -0.15) is 0 Å². The van der Waals surface area contributed by atoms with Gasteiger partial charge in [-0.15, -0.1) is 0 Å². The average Bonchev–Trinajstić information content (AvgIpc) is 3.77. The van der Waals surface area contributed by atoms with E-state index in [2.05, 4.69) is 0 Å². The van der Waals surface area contributed by atoms with E-state index in [1.807, 2.05) is 23.6 Å². The fourth-order valence-electron chi connectivity index (χ4n) is 15.2. The molecule has 0 radical (unpaired) electrons. The molecule has 7 rings (SSSR count). The number of nitrogens with zero attached hydrogens (tertiary/aromatic N) is 2. The van der Waals surface area contributed by atoms with Gasteiger partial charge in [0.05, 0.1) is 48.9 Å². The highest BCUT2D eigenvalue weighted by molar-refractivity contribution is 6.01. The summed E-state index contributed by atoms with van der Waals surface area (Å²) in [6, 6.07) is -1.16. The number of ether oxygens (including phenoxy) is 7. The molecule has 19 nitrogen and oxygen atoms in total. The zero-order valence-corrected chi connectivity index (χ0v) is 48.5. The lowest BCUT2D eigenvalue weighted by atomic mass is 9.44. The molecule has 0 aromatic rings. The Labute approximate surface area is 459 Å². The Balaban J connectivity index is 1.06. The molecule has 0 amide bonds. The van der Waals surface area contributed by atoms with E-state index in [0.717, 1.165) is 0 Å². The molecule has 3 aliphatic heterocycles. The number of allylic oxidation sites excluding steroid dienone is 4. The number of fused-ring (bicyclic) bond motifs is 7. The Hall–Kier alpha value is -3.57. The Kier molecular flexibility index (Phi) is 17.7. The molecule has 0 aromatic carbocycles. The lowest BCUT2D eigenvalue weighted by Crippen LogP contribution is -2.70. The molecule has 4 unspecified atom stereocenters. The highest BCUT2D eigenvalue weighted by atomic mass is 19.1. The molecule has 3 heterocycles. The SMILES string of the molecule is CC[C@H]1OC(=O)[C@H](C)C(=O)[C@H](C)[C@@H](O[C@@H]2O[C@H](C)CC(N(C)C)[C@H]2OC(=O)CCC(=O)OCC(=O)C23OC(C)(C)OC2CC2[C@@H]4CCC5=CC(=O)C=C[C@]5(C)[C@@]4(F)[C@@H](O)C[C@@]23C)[C@](C)(O)C[C@@H](C)CN(C)[C@H](C)[C@@H](O)[C@]1(C)O. The van der Waals surface area contributed by atoms with Gasteiger partial charge in [-0.3, -0.25) is 28.8 Å². The van der Waals surface area contributed by atoms with Crippen LogP contribution in [0.15, 0.2) is 23.8 Å². The maximum absolute atomic E-state index is 18.0. The average molecular weight is 1110 g/mol. The van der Waals surface area contributed by atoms with Crippen LogP contribution in [-0.4, -0.2) is 189 Å². The number of rotatable bonds is 11. The lowest BCUT2D eigenvalue weighted by molar-refractivity contribution is -0.296. The van der Waals surface area contributed by atoms with Crippen molar-refractivity contribution >= 4 is 35.3 Å². The van der Waals surface area contributed by atoms with Crippen molar-refractivity contribution in [3.8, 4) is 0 Å². The molecule has 4 N–H and O–H groups in total. The van der Waals surface area contributed by atoms with Crippen LogP contribution in [0.3, 0.4) is 0 Å². The van der Waals surface area contributed by atoms with Crippen LogP contribution >= 0.6 is 0 Å². The van der Waals surface area contributed by atoms with Crippen molar-refractivity contribution in [2.45, 2.75) is 230 Å². The number of aliphatic hydroxyl groups is 4. The van der Waals surface area contributed by atoms with Gasteiger partial charge >= 0.3 is 17.9 Å². The van der Waals surface area contributed by atoms with Crippen molar-refractivity contribution in [3.63, 3.8) is 0 Å². The predicted octanol–water partition coefficient (Wildman–Crippen LogP) is 4.50. The maximum Gasteiger partial charge on any atom is 0.316 e. The number of carbonyl (C=O) groups excluding carboxylic acids is 6. The number of carbonyl (C=O) groups is 6. The predicted molar refractivity (Wildman–Crippen MR) is 280 cm³/mol. The molecular formula is C58H89FN2O17. The molecule has 6 fully saturated rings. The zero-order chi connectivity index (χ0) is 58.2. The van der Waals surface area contributed by atoms with E-state index >= 15 is 4.39 Å². The summed E-state index contributed by atoms with van der Waals surface area (Å²) >= 11 is 0. The normalized spacial score (nSPS) is 46.1. The van der Waals surface area contributed by atoms with Gasteiger partial charge in [-0.1, -0.05) is 39.3 Å². The molecule has 78 heavy (non-hydrogen) atoms. The van der Waals surface area contributed by atoms with Crippen LogP contribution in [0, 0.1) is 40.4 Å². The molecule has 0 aromatic heterocycles. The van der Waals surface area contributed by atoms with E-state index in [4.69, 9.17) is 33.2 Å². The third kappa shape index (κ3) is 10.9. The van der Waals surface area contributed by atoms with Gasteiger partial charge in [0, 0.05) is 35.3 Å². The maximum atomic E-state index is 18.0. The van der Waals surface area contributed by atoms with Crippen LogP contribution in [0.4, 0.5) is 4.39 Å². The standard InChI is InChI=1S/C58H89FN2O17/c1-16-42-56(12,71)48(68)34(6)61(15)28-30(2)26-55(11,70)49(32(4)46(67)33(5)50(69)74-42)76-51-47(39(60(13)14)23-31(3)73-51)75-45(66)20-19-44(65)72-29-41(64)58-43(77-52(7,8)78-58)25-38-37-18-17-35-24-36(62)21-22-53(35,9)57(37,59)40(63)27-54(38,58)10/h21-22,24,30-34,37-40,42-43,47-49,51,63,68,70-71H,16-20,23,25-29H2,1-15H3/t30-,31-,32+,33-,34-,37+,38?,39?,40+,42-,43?,47-,48-,49-,51+,53+,54+,55-,56-,57+,58?/m1/s1. The lowest BCUT2D eigenvalue weighted by Gasteiger charge is -2.62. The second kappa shape index (κ2) is 22.3. The minimum absolute atomic E-state index is 0.0585. The van der Waals surface area contributed by atoms with Crippen molar-refractivity contribution < 1.29 is 86.7 Å². The van der Waals surface area contributed by atoms with Gasteiger partial charge in [-0.25, -0.2) is 4.39 Å². The molecule has 4 aliphatic carbocycles. The number of halogens is 1. The Morgan fingerprint density at radius 2 is 1.58 bits per heavy atom. The number of Topliss-reactive ketones (excluding diaryl/α,β-unsaturated/α-hetero) is 2. The second-order valence-corrected chi connectivity index (χ2v) is 25.8. The minimum Gasteiger partial charge on any atom is -0.459 e. The van der Waals surface area contributed by atoms with Crippen molar-refractivity contribution in [2.24, 2.45) is 40.4 Å². The molecule has 3 saturated heterocycles. The molecule has 0 bridgehead atoms. The minimum atomic E-state index is -2.16. The highest BCUT2D eigenvalue weighted by Crippen LogP contribution is 2.72. The number of likely N-dealkylation sites (N-methyl/N-ethyl adjacent to an activating group) is 2. The van der Waals surface area contributed by atoms with Gasteiger partial charge in [0.1, 0.15) is 23.7 Å². The molecule has 0 spiro atoms. The largest absolute Gasteiger partial charge is 0.459 e. The topological polar surface area (TPSA) is 254 Å².